The van der Waals surface area contributed by atoms with Crippen LogP contribution in [0, 0.1) is 5.41 Å². The zero-order chi connectivity index (χ0) is 17.7. The van der Waals surface area contributed by atoms with E-state index in [1.54, 1.807) is 38.4 Å². The molecule has 1 aromatic rings. The van der Waals surface area contributed by atoms with Gasteiger partial charge in [-0.05, 0) is 37.1 Å². The van der Waals surface area contributed by atoms with Crippen molar-refractivity contribution in [3.8, 4) is 5.75 Å². The Morgan fingerprint density at radius 3 is 2.29 bits per heavy atom. The minimum Gasteiger partial charge on any atom is -0.484 e. The van der Waals surface area contributed by atoms with E-state index < -0.39 is 11.4 Å². The van der Waals surface area contributed by atoms with Crippen molar-refractivity contribution < 1.29 is 24.2 Å². The molecule has 1 aliphatic carbocycles. The Balaban J connectivity index is 1.86. The van der Waals surface area contributed by atoms with E-state index in [2.05, 4.69) is 5.32 Å². The second-order valence-electron chi connectivity index (χ2n) is 6.27. The van der Waals surface area contributed by atoms with Crippen molar-refractivity contribution in [2.24, 2.45) is 5.41 Å². The Labute approximate surface area is 140 Å². The average Bonchev–Trinajstić information content (AvgIpc) is 2.49. The number of carbonyl (C=O) groups is 3. The summed E-state index contributed by atoms with van der Waals surface area (Å²) in [6, 6.07) is 6.60. The molecule has 0 unspecified atom stereocenters. The summed E-state index contributed by atoms with van der Waals surface area (Å²) >= 11 is 0. The van der Waals surface area contributed by atoms with Crippen LogP contribution in [-0.2, 0) is 14.4 Å². The first kappa shape index (κ1) is 17.8. The molecule has 0 spiro atoms. The Kier molecular flexibility index (Phi) is 5.43. The van der Waals surface area contributed by atoms with Crippen molar-refractivity contribution in [3.05, 3.63) is 24.3 Å². The number of amides is 2. The fourth-order valence-corrected chi connectivity index (χ4v) is 2.49. The molecule has 0 radical (unpaired) electrons. The highest BCUT2D eigenvalue weighted by molar-refractivity contribution is 5.94. The third-order valence-electron chi connectivity index (χ3n) is 4.26. The third kappa shape index (κ3) is 4.24. The third-order valence-corrected chi connectivity index (χ3v) is 4.26. The number of hydrogen-bond donors (Lipinski definition) is 2. The molecule has 2 amide bonds. The second kappa shape index (κ2) is 7.33. The zero-order valence-electron chi connectivity index (χ0n) is 13.9. The molecular formula is C17H22N2O5. The lowest BCUT2D eigenvalue weighted by Gasteiger charge is -2.36. The Morgan fingerprint density at radius 2 is 1.83 bits per heavy atom. The molecule has 24 heavy (non-hydrogen) atoms. The van der Waals surface area contributed by atoms with Crippen LogP contribution in [-0.4, -0.2) is 48.5 Å². The first-order chi connectivity index (χ1) is 11.3. The van der Waals surface area contributed by atoms with E-state index in [4.69, 9.17) is 4.74 Å². The number of carboxylic acid groups (broad SMARTS) is 1. The molecule has 130 valence electrons. The van der Waals surface area contributed by atoms with E-state index in [1.165, 1.54) is 4.90 Å². The molecule has 0 saturated heterocycles. The number of rotatable bonds is 7. The van der Waals surface area contributed by atoms with Crippen LogP contribution in [0.4, 0.5) is 5.69 Å². The van der Waals surface area contributed by atoms with Crippen molar-refractivity contribution in [2.45, 2.75) is 25.7 Å². The molecule has 1 saturated carbocycles. The van der Waals surface area contributed by atoms with Crippen LogP contribution in [0.1, 0.15) is 25.7 Å². The van der Waals surface area contributed by atoms with E-state index in [1.807, 2.05) is 0 Å². The SMILES string of the molecule is CN(C)C(=O)COc1ccc(NC(=O)CC2(C(=O)O)CCC2)cc1. The van der Waals surface area contributed by atoms with Crippen LogP contribution in [0.15, 0.2) is 24.3 Å². The predicted octanol–water partition coefficient (Wildman–Crippen LogP) is 1.74. The average molecular weight is 334 g/mol. The summed E-state index contributed by atoms with van der Waals surface area (Å²) in [6.45, 7) is -0.0557. The smallest absolute Gasteiger partial charge is 0.310 e. The van der Waals surface area contributed by atoms with Crippen molar-refractivity contribution in [2.75, 3.05) is 26.0 Å². The first-order valence-corrected chi connectivity index (χ1v) is 7.79. The highest BCUT2D eigenvalue weighted by Crippen LogP contribution is 2.44. The van der Waals surface area contributed by atoms with Gasteiger partial charge in [-0.3, -0.25) is 14.4 Å². The molecule has 1 aromatic carbocycles. The zero-order valence-corrected chi connectivity index (χ0v) is 13.9. The molecule has 7 nitrogen and oxygen atoms in total. The number of carbonyl (C=O) groups excluding carboxylic acids is 2. The van der Waals surface area contributed by atoms with Crippen LogP contribution in [0.5, 0.6) is 5.75 Å². The number of likely N-dealkylation sites (N-methyl/N-ethyl adjacent to an activating group) is 1. The van der Waals surface area contributed by atoms with Gasteiger partial charge >= 0.3 is 5.97 Å². The van der Waals surface area contributed by atoms with E-state index in [0.717, 1.165) is 6.42 Å². The van der Waals surface area contributed by atoms with Gasteiger partial charge < -0.3 is 20.1 Å². The molecule has 0 aromatic heterocycles. The van der Waals surface area contributed by atoms with Crippen molar-refractivity contribution in [1.29, 1.82) is 0 Å². The molecule has 0 bridgehead atoms. The largest absolute Gasteiger partial charge is 0.484 e. The molecule has 2 N–H and O–H groups in total. The van der Waals surface area contributed by atoms with E-state index in [0.29, 0.717) is 24.3 Å². The predicted molar refractivity (Wildman–Crippen MR) is 87.8 cm³/mol. The summed E-state index contributed by atoms with van der Waals surface area (Å²) in [5.41, 5.74) is -0.342. The molecule has 2 rings (SSSR count). The Bertz CT molecular complexity index is 620. The van der Waals surface area contributed by atoms with Crippen LogP contribution in [0.2, 0.25) is 0 Å². The lowest BCUT2D eigenvalue weighted by molar-refractivity contribution is -0.157. The lowest BCUT2D eigenvalue weighted by Crippen LogP contribution is -2.41. The number of nitrogens with zero attached hydrogens (tertiary/aromatic N) is 1. The Morgan fingerprint density at radius 1 is 1.21 bits per heavy atom. The number of nitrogens with one attached hydrogen (secondary N) is 1. The van der Waals surface area contributed by atoms with Crippen LogP contribution in [0.3, 0.4) is 0 Å². The normalized spacial score (nSPS) is 15.1. The quantitative estimate of drug-likeness (QED) is 0.792. The topological polar surface area (TPSA) is 95.9 Å². The highest BCUT2D eigenvalue weighted by Gasteiger charge is 2.45. The molecule has 0 heterocycles. The number of benzene rings is 1. The molecule has 1 aliphatic rings. The fraction of sp³-hybridized carbons (Fsp3) is 0.471. The maximum Gasteiger partial charge on any atom is 0.310 e. The number of ether oxygens (including phenoxy) is 1. The number of carboxylic acids is 1. The first-order valence-electron chi connectivity index (χ1n) is 7.79. The summed E-state index contributed by atoms with van der Waals surface area (Å²) in [7, 11) is 3.30. The molecule has 7 heteroatoms. The van der Waals surface area contributed by atoms with E-state index >= 15 is 0 Å². The van der Waals surface area contributed by atoms with Gasteiger partial charge in [0.25, 0.3) is 5.91 Å². The van der Waals surface area contributed by atoms with Gasteiger partial charge in [0.2, 0.25) is 5.91 Å². The van der Waals surface area contributed by atoms with Gasteiger partial charge in [-0.2, -0.15) is 0 Å². The van der Waals surface area contributed by atoms with Gasteiger partial charge in [0.05, 0.1) is 5.41 Å². The van der Waals surface area contributed by atoms with Gasteiger partial charge in [0, 0.05) is 26.2 Å². The second-order valence-corrected chi connectivity index (χ2v) is 6.27. The number of anilines is 1. The molecular weight excluding hydrogens is 312 g/mol. The minimum atomic E-state index is -0.904. The van der Waals surface area contributed by atoms with Gasteiger partial charge in [-0.1, -0.05) is 6.42 Å². The number of aliphatic carboxylic acids is 1. The minimum absolute atomic E-state index is 0.0160. The van der Waals surface area contributed by atoms with Gasteiger partial charge in [-0.25, -0.2) is 0 Å². The Hall–Kier alpha value is -2.57. The maximum atomic E-state index is 12.0. The van der Waals surface area contributed by atoms with Crippen LogP contribution >= 0.6 is 0 Å². The van der Waals surface area contributed by atoms with E-state index in [9.17, 15) is 19.5 Å². The van der Waals surface area contributed by atoms with Crippen molar-refractivity contribution in [3.63, 3.8) is 0 Å². The highest BCUT2D eigenvalue weighted by atomic mass is 16.5. The monoisotopic (exact) mass is 334 g/mol. The van der Waals surface area contributed by atoms with Crippen molar-refractivity contribution in [1.82, 2.24) is 4.90 Å². The van der Waals surface area contributed by atoms with Gasteiger partial charge in [0.15, 0.2) is 6.61 Å². The van der Waals surface area contributed by atoms with E-state index in [-0.39, 0.29) is 24.8 Å². The summed E-state index contributed by atoms with van der Waals surface area (Å²) in [6.07, 6.45) is 1.92. The van der Waals surface area contributed by atoms with Crippen LogP contribution < -0.4 is 10.1 Å². The van der Waals surface area contributed by atoms with Gasteiger partial charge in [-0.15, -0.1) is 0 Å². The fourth-order valence-electron chi connectivity index (χ4n) is 2.49. The summed E-state index contributed by atoms with van der Waals surface area (Å²) in [5, 5.41) is 11.9. The molecule has 0 aliphatic heterocycles. The summed E-state index contributed by atoms with van der Waals surface area (Å²) in [5.74, 6) is -0.845. The summed E-state index contributed by atoms with van der Waals surface area (Å²) in [4.78, 5) is 36.2. The van der Waals surface area contributed by atoms with Gasteiger partial charge in [0.1, 0.15) is 5.75 Å². The van der Waals surface area contributed by atoms with Crippen LogP contribution in [0.25, 0.3) is 0 Å². The standard InChI is InChI=1S/C17H22N2O5/c1-19(2)15(21)11-24-13-6-4-12(5-7-13)18-14(20)10-17(16(22)23)8-3-9-17/h4-7H,3,8-11H2,1-2H3,(H,18,20)(H,22,23). The maximum absolute atomic E-state index is 12.0. The summed E-state index contributed by atoms with van der Waals surface area (Å²) < 4.78 is 5.35. The lowest BCUT2D eigenvalue weighted by atomic mass is 9.66. The molecule has 0 atom stereocenters. The van der Waals surface area contributed by atoms with Crippen molar-refractivity contribution >= 4 is 23.5 Å². The number of hydrogen-bond acceptors (Lipinski definition) is 4. The molecule has 1 fully saturated rings.